The standard InChI is InChI=1S/C14H12BBrClN/c15-13-5-11(17)4-8-1-2-9-3-10(16)7-18-14(9)6-12(8)13/h3-5,7H,1-2,6,15H2. The summed E-state index contributed by atoms with van der Waals surface area (Å²) in [7, 11) is 2.13. The number of hydrogen-bond donors (Lipinski definition) is 0. The van der Waals surface area contributed by atoms with Gasteiger partial charge in [-0.3, -0.25) is 4.98 Å². The predicted molar refractivity (Wildman–Crippen MR) is 81.8 cm³/mol. The number of rotatable bonds is 0. The molecule has 0 atom stereocenters. The van der Waals surface area contributed by atoms with Crippen LogP contribution in [0.5, 0.6) is 0 Å². The molecule has 1 aromatic heterocycles. The van der Waals surface area contributed by atoms with Gasteiger partial charge in [-0.05, 0) is 63.7 Å². The van der Waals surface area contributed by atoms with Crippen LogP contribution < -0.4 is 5.46 Å². The third kappa shape index (κ3) is 2.22. The van der Waals surface area contributed by atoms with Crippen LogP contribution in [0.4, 0.5) is 0 Å². The topological polar surface area (TPSA) is 12.9 Å². The zero-order chi connectivity index (χ0) is 12.7. The van der Waals surface area contributed by atoms with Crippen LogP contribution in [0.3, 0.4) is 0 Å². The first kappa shape index (κ1) is 12.2. The second kappa shape index (κ2) is 4.71. The van der Waals surface area contributed by atoms with Crippen LogP contribution in [0.2, 0.25) is 5.02 Å². The number of aromatic nitrogens is 1. The van der Waals surface area contributed by atoms with E-state index in [0.29, 0.717) is 0 Å². The summed E-state index contributed by atoms with van der Waals surface area (Å²) in [5.41, 5.74) is 6.58. The van der Waals surface area contributed by atoms with Gasteiger partial charge in [-0.2, -0.15) is 0 Å². The van der Waals surface area contributed by atoms with Crippen molar-refractivity contribution < 1.29 is 0 Å². The fraction of sp³-hybridized carbons (Fsp3) is 0.214. The second-order valence-corrected chi connectivity index (χ2v) is 6.15. The largest absolute Gasteiger partial charge is 0.259 e. The summed E-state index contributed by atoms with van der Waals surface area (Å²) >= 11 is 9.64. The van der Waals surface area contributed by atoms with Gasteiger partial charge in [0.2, 0.25) is 0 Å². The van der Waals surface area contributed by atoms with Crippen LogP contribution in [0, 0.1) is 0 Å². The molecule has 1 heterocycles. The molecule has 0 amide bonds. The Bertz CT molecular complexity index is 627. The maximum atomic E-state index is 6.15. The monoisotopic (exact) mass is 319 g/mol. The molecule has 0 unspecified atom stereocenters. The lowest BCUT2D eigenvalue weighted by molar-refractivity contribution is 0.950. The van der Waals surface area contributed by atoms with Crippen molar-refractivity contribution in [3.05, 3.63) is 56.3 Å². The Kier molecular flexibility index (Phi) is 3.20. The van der Waals surface area contributed by atoms with E-state index >= 15 is 0 Å². The average Bonchev–Trinajstić information content (AvgIpc) is 2.49. The predicted octanol–water partition coefficient (Wildman–Crippen LogP) is 2.45. The van der Waals surface area contributed by atoms with Gasteiger partial charge < -0.3 is 0 Å². The highest BCUT2D eigenvalue weighted by molar-refractivity contribution is 9.10. The van der Waals surface area contributed by atoms with Crippen LogP contribution in [0.1, 0.15) is 22.4 Å². The fourth-order valence-electron chi connectivity index (χ4n) is 2.64. The summed E-state index contributed by atoms with van der Waals surface area (Å²) in [5, 5.41) is 0.839. The molecule has 1 aliphatic carbocycles. The van der Waals surface area contributed by atoms with Gasteiger partial charge in [-0.25, -0.2) is 0 Å². The number of hydrogen-bond acceptors (Lipinski definition) is 1. The highest BCUT2D eigenvalue weighted by Crippen LogP contribution is 2.25. The summed E-state index contributed by atoms with van der Waals surface area (Å²) in [6, 6.07) is 6.33. The lowest BCUT2D eigenvalue weighted by Crippen LogP contribution is -2.13. The third-order valence-electron chi connectivity index (χ3n) is 3.56. The third-order valence-corrected chi connectivity index (χ3v) is 4.22. The number of nitrogens with zero attached hydrogens (tertiary/aromatic N) is 1. The van der Waals surface area contributed by atoms with Gasteiger partial charge in [0.25, 0.3) is 0 Å². The zero-order valence-corrected chi connectivity index (χ0v) is 12.5. The summed E-state index contributed by atoms with van der Waals surface area (Å²) in [5.74, 6) is 0. The van der Waals surface area contributed by atoms with E-state index in [1.807, 2.05) is 12.3 Å². The Hall–Kier alpha value is -0.795. The fourth-order valence-corrected chi connectivity index (χ4v) is 3.31. The maximum absolute atomic E-state index is 6.15. The normalized spacial score (nSPS) is 13.7. The molecule has 0 saturated heterocycles. The molecule has 1 nitrogen and oxygen atoms in total. The zero-order valence-electron chi connectivity index (χ0n) is 10.1. The highest BCUT2D eigenvalue weighted by atomic mass is 79.9. The van der Waals surface area contributed by atoms with Crippen molar-refractivity contribution in [1.82, 2.24) is 4.98 Å². The number of pyridine rings is 1. The van der Waals surface area contributed by atoms with Crippen LogP contribution in [0.15, 0.2) is 28.9 Å². The first-order valence-electron chi connectivity index (χ1n) is 6.04. The van der Waals surface area contributed by atoms with Gasteiger partial charge in [-0.15, -0.1) is 0 Å². The minimum Gasteiger partial charge on any atom is -0.259 e. The quantitative estimate of drug-likeness (QED) is 0.680. The van der Waals surface area contributed by atoms with Crippen LogP contribution in [-0.2, 0) is 19.3 Å². The van der Waals surface area contributed by atoms with E-state index in [4.69, 9.17) is 11.6 Å². The Morgan fingerprint density at radius 3 is 2.78 bits per heavy atom. The van der Waals surface area contributed by atoms with Gasteiger partial charge in [0, 0.05) is 27.8 Å². The molecule has 1 aromatic carbocycles. The highest BCUT2D eigenvalue weighted by Gasteiger charge is 2.16. The summed E-state index contributed by atoms with van der Waals surface area (Å²) < 4.78 is 1.06. The average molecular weight is 320 g/mol. The Morgan fingerprint density at radius 2 is 1.94 bits per heavy atom. The molecule has 0 fully saturated rings. The first-order chi connectivity index (χ1) is 8.63. The van der Waals surface area contributed by atoms with E-state index < -0.39 is 0 Å². The first-order valence-corrected chi connectivity index (χ1v) is 7.22. The molecule has 18 heavy (non-hydrogen) atoms. The SMILES string of the molecule is Bc1cc(Cl)cc2c1Cc1ncc(Br)cc1CC2. The van der Waals surface area contributed by atoms with Crippen molar-refractivity contribution in [3.63, 3.8) is 0 Å². The van der Waals surface area contributed by atoms with E-state index in [0.717, 1.165) is 28.8 Å². The molecule has 0 spiro atoms. The number of fused-ring (bicyclic) bond motifs is 2. The van der Waals surface area contributed by atoms with E-state index in [1.165, 1.54) is 27.8 Å². The van der Waals surface area contributed by atoms with Gasteiger partial charge >= 0.3 is 0 Å². The molecular formula is C14H12BBrClN. The van der Waals surface area contributed by atoms with E-state index in [2.05, 4.69) is 40.9 Å². The smallest absolute Gasteiger partial charge is 0.139 e. The van der Waals surface area contributed by atoms with Crippen LogP contribution >= 0.6 is 27.5 Å². The van der Waals surface area contributed by atoms with Crippen molar-refractivity contribution in [2.24, 2.45) is 0 Å². The minimum absolute atomic E-state index is 0.839. The number of aryl methyl sites for hydroxylation is 2. The molecule has 0 aliphatic heterocycles. The Labute approximate surface area is 121 Å². The molecule has 2 aromatic rings. The second-order valence-electron chi connectivity index (χ2n) is 4.80. The lowest BCUT2D eigenvalue weighted by Gasteiger charge is -2.10. The number of halogens is 2. The summed E-state index contributed by atoms with van der Waals surface area (Å²) in [4.78, 5) is 4.56. The van der Waals surface area contributed by atoms with Gasteiger partial charge in [0.15, 0.2) is 0 Å². The van der Waals surface area contributed by atoms with E-state index in [1.54, 1.807) is 0 Å². The molecular weight excluding hydrogens is 308 g/mol. The molecule has 0 N–H and O–H groups in total. The Balaban J connectivity index is 2.12. The molecule has 3 rings (SSSR count). The van der Waals surface area contributed by atoms with Crippen molar-refractivity contribution in [2.45, 2.75) is 19.3 Å². The van der Waals surface area contributed by atoms with Gasteiger partial charge in [0.1, 0.15) is 7.85 Å². The minimum atomic E-state index is 0.839. The lowest BCUT2D eigenvalue weighted by atomic mass is 9.85. The van der Waals surface area contributed by atoms with Gasteiger partial charge in [-0.1, -0.05) is 17.1 Å². The summed E-state index contributed by atoms with van der Waals surface area (Å²) in [6.07, 6.45) is 4.88. The molecule has 0 bridgehead atoms. The van der Waals surface area contributed by atoms with Crippen molar-refractivity contribution in [3.8, 4) is 0 Å². The van der Waals surface area contributed by atoms with Crippen molar-refractivity contribution >= 4 is 40.8 Å². The van der Waals surface area contributed by atoms with E-state index in [-0.39, 0.29) is 0 Å². The summed E-state index contributed by atoms with van der Waals surface area (Å²) in [6.45, 7) is 0. The molecule has 0 radical (unpaired) electrons. The number of benzene rings is 1. The van der Waals surface area contributed by atoms with Crippen molar-refractivity contribution in [2.75, 3.05) is 0 Å². The molecule has 0 saturated carbocycles. The van der Waals surface area contributed by atoms with Crippen LogP contribution in [0.25, 0.3) is 0 Å². The maximum Gasteiger partial charge on any atom is 0.139 e. The molecule has 4 heteroatoms. The van der Waals surface area contributed by atoms with Gasteiger partial charge in [0.05, 0.1) is 0 Å². The molecule has 1 aliphatic rings. The van der Waals surface area contributed by atoms with Crippen LogP contribution in [-0.4, -0.2) is 12.8 Å². The molecule has 90 valence electrons. The van der Waals surface area contributed by atoms with E-state index in [9.17, 15) is 0 Å². The Morgan fingerprint density at radius 1 is 1.17 bits per heavy atom. The van der Waals surface area contributed by atoms with Crippen molar-refractivity contribution in [1.29, 1.82) is 0 Å².